The number of hydrogen-bond acceptors (Lipinski definition) is 2. The minimum Gasteiger partial charge on any atom is -0.454 e. The van der Waals surface area contributed by atoms with Gasteiger partial charge >= 0.3 is 0 Å². The molecule has 13 heavy (non-hydrogen) atoms. The zero-order chi connectivity index (χ0) is 9.47. The molecule has 1 aromatic rings. The number of hydrogen-bond donors (Lipinski definition) is 0. The highest BCUT2D eigenvalue weighted by Crippen LogP contribution is 2.34. The molecule has 0 amide bonds. The smallest absolute Gasteiger partial charge is 0.231 e. The summed E-state index contributed by atoms with van der Waals surface area (Å²) < 4.78 is 10.4. The molecule has 0 saturated carbocycles. The minimum atomic E-state index is -0.832. The van der Waals surface area contributed by atoms with E-state index in [9.17, 15) is 0 Å². The quantitative estimate of drug-likeness (QED) is 0.583. The molecule has 0 atom stereocenters. The van der Waals surface area contributed by atoms with Gasteiger partial charge in [0.2, 0.25) is 6.79 Å². The van der Waals surface area contributed by atoms with Gasteiger partial charge in [0, 0.05) is 0 Å². The highest BCUT2D eigenvalue weighted by molar-refractivity contribution is 6.39. The maximum atomic E-state index is 5.73. The third-order valence-corrected chi connectivity index (χ3v) is 1.99. The Morgan fingerprint density at radius 1 is 1.23 bits per heavy atom. The Labute approximate surface area is 80.1 Å². The van der Waals surface area contributed by atoms with E-state index in [0.29, 0.717) is 5.75 Å². The molecule has 1 aliphatic heterocycles. The fourth-order valence-electron chi connectivity index (χ4n) is 1.23. The maximum absolute atomic E-state index is 5.73. The van der Waals surface area contributed by atoms with E-state index >= 15 is 0 Å². The van der Waals surface area contributed by atoms with Crippen LogP contribution in [0.2, 0.25) is 0 Å². The summed E-state index contributed by atoms with van der Waals surface area (Å²) >= 11 is 0. The van der Waals surface area contributed by atoms with Crippen LogP contribution in [0.4, 0.5) is 0 Å². The Kier molecular flexibility index (Phi) is 1.79. The molecular weight excluding hydrogens is 162 g/mol. The number of rotatable bonds is 1. The fraction of sp³-hybridized carbons (Fsp3) is 0.333. The first-order valence-electron chi connectivity index (χ1n) is 4.05. The Balaban J connectivity index is 2.42. The van der Waals surface area contributed by atoms with E-state index in [1.165, 1.54) is 0 Å². The third-order valence-electron chi connectivity index (χ3n) is 1.99. The van der Waals surface area contributed by atoms with E-state index in [1.54, 1.807) is 6.92 Å². The molecule has 0 bridgehead atoms. The summed E-state index contributed by atoms with van der Waals surface area (Å²) in [5, 5.41) is -0.832. The second-order valence-electron chi connectivity index (χ2n) is 3.35. The molecule has 1 aromatic carbocycles. The lowest BCUT2D eigenvalue weighted by atomic mass is 9.52. The molecule has 1 heterocycles. The molecule has 4 heteroatoms. The van der Waals surface area contributed by atoms with Crippen LogP contribution in [-0.2, 0) is 5.21 Å². The summed E-state index contributed by atoms with van der Waals surface area (Å²) in [6.07, 6.45) is 0. The van der Waals surface area contributed by atoms with Gasteiger partial charge in [-0.25, -0.2) is 0 Å². The van der Waals surface area contributed by atoms with Gasteiger partial charge in [-0.3, -0.25) is 0 Å². The fourth-order valence-corrected chi connectivity index (χ4v) is 1.23. The summed E-state index contributed by atoms with van der Waals surface area (Å²) in [7, 11) is 11.5. The highest BCUT2D eigenvalue weighted by Gasteiger charge is 2.18. The van der Waals surface area contributed by atoms with Crippen molar-refractivity contribution in [3.05, 3.63) is 23.8 Å². The summed E-state index contributed by atoms with van der Waals surface area (Å²) in [5.41, 5.74) is 0.830. The minimum absolute atomic E-state index is 0.268. The van der Waals surface area contributed by atoms with Gasteiger partial charge in [0.15, 0.2) is 11.5 Å². The van der Waals surface area contributed by atoms with Crippen LogP contribution in [0.5, 0.6) is 11.5 Å². The van der Waals surface area contributed by atoms with Crippen LogP contribution >= 0.6 is 0 Å². The van der Waals surface area contributed by atoms with Gasteiger partial charge in [-0.2, -0.15) is 0 Å². The van der Waals surface area contributed by atoms with Gasteiger partial charge in [0.05, 0.1) is 15.7 Å². The summed E-state index contributed by atoms with van der Waals surface area (Å²) in [4.78, 5) is 0. The van der Waals surface area contributed by atoms with Gasteiger partial charge in [-0.15, -0.1) is 0 Å². The van der Waals surface area contributed by atoms with Crippen molar-refractivity contribution in [3.8, 4) is 11.5 Å². The van der Waals surface area contributed by atoms with E-state index in [4.69, 9.17) is 25.2 Å². The second-order valence-corrected chi connectivity index (χ2v) is 3.35. The second kappa shape index (κ2) is 2.72. The maximum Gasteiger partial charge on any atom is 0.231 e. The van der Waals surface area contributed by atoms with Crippen molar-refractivity contribution < 1.29 is 9.47 Å². The Hall–Kier alpha value is -1.05. The lowest BCUT2D eigenvalue weighted by molar-refractivity contribution is 0.174. The topological polar surface area (TPSA) is 18.5 Å². The van der Waals surface area contributed by atoms with E-state index in [0.717, 1.165) is 11.3 Å². The van der Waals surface area contributed by atoms with Gasteiger partial charge < -0.3 is 9.47 Å². The Morgan fingerprint density at radius 2 is 1.92 bits per heavy atom. The van der Waals surface area contributed by atoms with Crippen molar-refractivity contribution in [1.29, 1.82) is 0 Å². The average molecular weight is 170 g/mol. The van der Waals surface area contributed by atoms with Crippen molar-refractivity contribution >= 4 is 15.7 Å². The van der Waals surface area contributed by atoms with Crippen LogP contribution in [0.15, 0.2) is 18.2 Å². The molecular formula is C9H8B2O2. The first-order chi connectivity index (χ1) is 6.07. The summed E-state index contributed by atoms with van der Waals surface area (Å²) in [6, 6.07) is 5.46. The van der Waals surface area contributed by atoms with E-state index in [2.05, 4.69) is 0 Å². The van der Waals surface area contributed by atoms with Crippen molar-refractivity contribution in [2.45, 2.75) is 12.1 Å². The molecule has 2 nitrogen and oxygen atoms in total. The predicted molar refractivity (Wildman–Crippen MR) is 51.4 cm³/mol. The van der Waals surface area contributed by atoms with Crippen LogP contribution in [0.25, 0.3) is 0 Å². The molecule has 0 unspecified atom stereocenters. The van der Waals surface area contributed by atoms with E-state index in [-0.39, 0.29) is 6.79 Å². The summed E-state index contributed by atoms with van der Waals surface area (Å²) in [5.74, 6) is 1.45. The first-order valence-corrected chi connectivity index (χ1v) is 4.05. The Bertz CT molecular complexity index is 331. The molecule has 1 aliphatic rings. The lowest BCUT2D eigenvalue weighted by Crippen LogP contribution is -2.21. The lowest BCUT2D eigenvalue weighted by Gasteiger charge is -2.19. The zero-order valence-electron chi connectivity index (χ0n) is 7.41. The van der Waals surface area contributed by atoms with Gasteiger partial charge in [-0.05, 0) is 12.1 Å². The molecule has 0 fully saturated rings. The molecule has 0 aromatic heterocycles. The van der Waals surface area contributed by atoms with Crippen LogP contribution in [0.3, 0.4) is 0 Å². The molecule has 0 saturated heterocycles. The van der Waals surface area contributed by atoms with Crippen molar-refractivity contribution in [2.24, 2.45) is 0 Å². The first kappa shape index (κ1) is 8.54. The standard InChI is InChI=1S/C9H8B2O2/c1-9(10,11)6-2-3-7-8(4-6)13-5-12-7/h2-4H,5H2,1H3. The number of benzene rings is 1. The normalized spacial score (nSPS) is 14.5. The van der Waals surface area contributed by atoms with Crippen molar-refractivity contribution in [3.63, 3.8) is 0 Å². The third kappa shape index (κ3) is 1.53. The molecule has 0 spiro atoms. The number of ether oxygens (including phenoxy) is 2. The predicted octanol–water partition coefficient (Wildman–Crippen LogP) is 0.925. The highest BCUT2D eigenvalue weighted by atomic mass is 16.7. The molecule has 2 rings (SSSR count). The average Bonchev–Trinajstić information content (AvgIpc) is 2.47. The van der Waals surface area contributed by atoms with Crippen LogP contribution in [-0.4, -0.2) is 22.5 Å². The summed E-state index contributed by atoms with van der Waals surface area (Å²) in [6.45, 7) is 2.01. The monoisotopic (exact) mass is 170 g/mol. The van der Waals surface area contributed by atoms with Crippen LogP contribution in [0, 0.1) is 0 Å². The molecule has 4 radical (unpaired) electrons. The SMILES string of the molecule is [B]C([B])(C)c1ccc2c(c1)OCO2. The van der Waals surface area contributed by atoms with Gasteiger partial charge in [0.25, 0.3) is 0 Å². The van der Waals surface area contributed by atoms with Crippen molar-refractivity contribution in [1.82, 2.24) is 0 Å². The van der Waals surface area contributed by atoms with Gasteiger partial charge in [-0.1, -0.05) is 23.8 Å². The van der Waals surface area contributed by atoms with E-state index in [1.807, 2.05) is 18.2 Å². The van der Waals surface area contributed by atoms with Crippen LogP contribution in [0.1, 0.15) is 12.5 Å². The number of fused-ring (bicyclic) bond motifs is 1. The zero-order valence-corrected chi connectivity index (χ0v) is 7.41. The van der Waals surface area contributed by atoms with Gasteiger partial charge in [0.1, 0.15) is 0 Å². The largest absolute Gasteiger partial charge is 0.454 e. The van der Waals surface area contributed by atoms with Crippen molar-refractivity contribution in [2.75, 3.05) is 6.79 Å². The molecule has 62 valence electrons. The van der Waals surface area contributed by atoms with E-state index < -0.39 is 5.21 Å². The molecule has 0 N–H and O–H groups in total. The molecule has 0 aliphatic carbocycles. The van der Waals surface area contributed by atoms with Crippen LogP contribution < -0.4 is 9.47 Å². The Morgan fingerprint density at radius 3 is 2.62 bits per heavy atom.